The van der Waals surface area contributed by atoms with E-state index in [0.717, 1.165) is 32.1 Å². The summed E-state index contributed by atoms with van der Waals surface area (Å²) in [7, 11) is 0. The Morgan fingerprint density at radius 3 is 2.56 bits per heavy atom. The lowest BCUT2D eigenvalue weighted by atomic mass is 9.86. The molecule has 3 heteroatoms. The molecule has 0 atom stereocenters. The Kier molecular flexibility index (Phi) is 4.24. The van der Waals surface area contributed by atoms with E-state index >= 15 is 0 Å². The lowest BCUT2D eigenvalue weighted by Gasteiger charge is -2.28. The lowest BCUT2D eigenvalue weighted by Crippen LogP contribution is -2.29. The van der Waals surface area contributed by atoms with Gasteiger partial charge in [0.15, 0.2) is 0 Å². The van der Waals surface area contributed by atoms with Gasteiger partial charge in [0.05, 0.1) is 5.92 Å². The number of aryl methyl sites for hydroxylation is 1. The maximum atomic E-state index is 10.9. The SMILES string of the molecule is CCc1ccccc1NC1CCC(C(=O)O)CC1. The summed E-state index contributed by atoms with van der Waals surface area (Å²) >= 11 is 0. The summed E-state index contributed by atoms with van der Waals surface area (Å²) in [6.07, 6.45) is 4.51. The monoisotopic (exact) mass is 247 g/mol. The van der Waals surface area contributed by atoms with Gasteiger partial charge in [-0.3, -0.25) is 4.79 Å². The molecule has 0 bridgehead atoms. The zero-order valence-corrected chi connectivity index (χ0v) is 10.9. The van der Waals surface area contributed by atoms with Crippen LogP contribution in [-0.2, 0) is 11.2 Å². The molecular formula is C15H21NO2. The number of nitrogens with one attached hydrogen (secondary N) is 1. The van der Waals surface area contributed by atoms with Crippen molar-refractivity contribution in [3.8, 4) is 0 Å². The predicted octanol–water partition coefficient (Wildman–Crippen LogP) is 3.30. The number of carboxylic acids is 1. The largest absolute Gasteiger partial charge is 0.481 e. The Hall–Kier alpha value is -1.51. The van der Waals surface area contributed by atoms with Crippen LogP contribution in [0.15, 0.2) is 24.3 Å². The van der Waals surface area contributed by atoms with Crippen LogP contribution in [0.2, 0.25) is 0 Å². The van der Waals surface area contributed by atoms with Gasteiger partial charge in [-0.05, 0) is 43.7 Å². The summed E-state index contributed by atoms with van der Waals surface area (Å²) < 4.78 is 0. The Morgan fingerprint density at radius 1 is 1.28 bits per heavy atom. The van der Waals surface area contributed by atoms with Crippen molar-refractivity contribution in [3.05, 3.63) is 29.8 Å². The highest BCUT2D eigenvalue weighted by atomic mass is 16.4. The van der Waals surface area contributed by atoms with E-state index in [0.29, 0.717) is 6.04 Å². The minimum atomic E-state index is -0.637. The molecule has 1 aromatic rings. The highest BCUT2D eigenvalue weighted by Crippen LogP contribution is 2.27. The molecule has 0 radical (unpaired) electrons. The number of aliphatic carboxylic acids is 1. The molecule has 1 saturated carbocycles. The van der Waals surface area contributed by atoms with Crippen LogP contribution >= 0.6 is 0 Å². The first kappa shape index (κ1) is 12.9. The highest BCUT2D eigenvalue weighted by molar-refractivity contribution is 5.70. The quantitative estimate of drug-likeness (QED) is 0.858. The Balaban J connectivity index is 1.93. The Morgan fingerprint density at radius 2 is 1.94 bits per heavy atom. The Bertz CT molecular complexity index is 409. The topological polar surface area (TPSA) is 49.3 Å². The van der Waals surface area contributed by atoms with Crippen LogP contribution in [0.3, 0.4) is 0 Å². The maximum Gasteiger partial charge on any atom is 0.306 e. The fourth-order valence-corrected chi connectivity index (χ4v) is 2.67. The van der Waals surface area contributed by atoms with E-state index in [1.807, 2.05) is 6.07 Å². The van der Waals surface area contributed by atoms with Gasteiger partial charge in [-0.1, -0.05) is 25.1 Å². The first-order valence-corrected chi connectivity index (χ1v) is 6.78. The molecule has 2 N–H and O–H groups in total. The van der Waals surface area contributed by atoms with Gasteiger partial charge < -0.3 is 10.4 Å². The highest BCUT2D eigenvalue weighted by Gasteiger charge is 2.25. The lowest BCUT2D eigenvalue weighted by molar-refractivity contribution is -0.142. The minimum Gasteiger partial charge on any atom is -0.481 e. The molecule has 0 amide bonds. The fourth-order valence-electron chi connectivity index (χ4n) is 2.67. The molecule has 0 spiro atoms. The van der Waals surface area contributed by atoms with E-state index in [1.165, 1.54) is 11.3 Å². The number of carbonyl (C=O) groups is 1. The zero-order valence-electron chi connectivity index (χ0n) is 10.9. The molecule has 0 unspecified atom stereocenters. The summed E-state index contributed by atoms with van der Waals surface area (Å²) in [6.45, 7) is 2.15. The Labute approximate surface area is 108 Å². The third-order valence-electron chi connectivity index (χ3n) is 3.83. The molecule has 3 nitrogen and oxygen atoms in total. The van der Waals surface area contributed by atoms with Crippen molar-refractivity contribution in [2.45, 2.75) is 45.1 Å². The summed E-state index contributed by atoms with van der Waals surface area (Å²) in [4.78, 5) is 10.9. The van der Waals surface area contributed by atoms with Gasteiger partial charge in [0.1, 0.15) is 0 Å². The molecule has 98 valence electrons. The normalized spacial score (nSPS) is 23.6. The summed E-state index contributed by atoms with van der Waals surface area (Å²) in [5, 5.41) is 12.5. The minimum absolute atomic E-state index is 0.135. The van der Waals surface area contributed by atoms with Crippen LogP contribution in [-0.4, -0.2) is 17.1 Å². The van der Waals surface area contributed by atoms with E-state index in [2.05, 4.69) is 30.4 Å². The van der Waals surface area contributed by atoms with Crippen molar-refractivity contribution in [3.63, 3.8) is 0 Å². The van der Waals surface area contributed by atoms with Gasteiger partial charge in [0, 0.05) is 11.7 Å². The van der Waals surface area contributed by atoms with Gasteiger partial charge in [0.2, 0.25) is 0 Å². The van der Waals surface area contributed by atoms with Crippen molar-refractivity contribution in [1.29, 1.82) is 0 Å². The third-order valence-corrected chi connectivity index (χ3v) is 3.83. The number of benzene rings is 1. The van der Waals surface area contributed by atoms with Crippen molar-refractivity contribution in [1.82, 2.24) is 0 Å². The molecule has 18 heavy (non-hydrogen) atoms. The standard InChI is InChI=1S/C15H21NO2/c1-2-11-5-3-4-6-14(11)16-13-9-7-12(8-10-13)15(17)18/h3-6,12-13,16H,2,7-10H2,1H3,(H,17,18). The van der Waals surface area contributed by atoms with Crippen molar-refractivity contribution in [2.75, 3.05) is 5.32 Å². The van der Waals surface area contributed by atoms with Crippen molar-refractivity contribution < 1.29 is 9.90 Å². The maximum absolute atomic E-state index is 10.9. The van der Waals surface area contributed by atoms with Crippen LogP contribution in [0.1, 0.15) is 38.2 Å². The number of rotatable bonds is 4. The van der Waals surface area contributed by atoms with Gasteiger partial charge in [-0.15, -0.1) is 0 Å². The summed E-state index contributed by atoms with van der Waals surface area (Å²) in [5.41, 5.74) is 2.54. The van der Waals surface area contributed by atoms with E-state index in [9.17, 15) is 4.79 Å². The van der Waals surface area contributed by atoms with Crippen molar-refractivity contribution >= 4 is 11.7 Å². The molecule has 0 aliphatic heterocycles. The zero-order chi connectivity index (χ0) is 13.0. The first-order chi connectivity index (χ1) is 8.70. The average Bonchev–Trinajstić information content (AvgIpc) is 2.40. The number of hydrogen-bond donors (Lipinski definition) is 2. The molecule has 1 aliphatic rings. The second-order valence-corrected chi connectivity index (χ2v) is 5.04. The molecule has 0 aromatic heterocycles. The number of para-hydroxylation sites is 1. The van der Waals surface area contributed by atoms with Crippen LogP contribution < -0.4 is 5.32 Å². The third kappa shape index (κ3) is 3.03. The van der Waals surface area contributed by atoms with Crippen LogP contribution in [0.25, 0.3) is 0 Å². The van der Waals surface area contributed by atoms with Gasteiger partial charge in [0.25, 0.3) is 0 Å². The van der Waals surface area contributed by atoms with Crippen molar-refractivity contribution in [2.24, 2.45) is 5.92 Å². The second kappa shape index (κ2) is 5.89. The van der Waals surface area contributed by atoms with E-state index in [-0.39, 0.29) is 5.92 Å². The summed E-state index contributed by atoms with van der Waals surface area (Å²) in [6, 6.07) is 8.79. The molecule has 2 rings (SSSR count). The number of carboxylic acid groups (broad SMARTS) is 1. The summed E-state index contributed by atoms with van der Waals surface area (Å²) in [5.74, 6) is -0.771. The molecule has 0 heterocycles. The van der Waals surface area contributed by atoms with Gasteiger partial charge in [-0.25, -0.2) is 0 Å². The number of anilines is 1. The molecular weight excluding hydrogens is 226 g/mol. The van der Waals surface area contributed by atoms with E-state index in [4.69, 9.17) is 5.11 Å². The van der Waals surface area contributed by atoms with Crippen LogP contribution in [0.4, 0.5) is 5.69 Å². The van der Waals surface area contributed by atoms with E-state index < -0.39 is 5.97 Å². The average molecular weight is 247 g/mol. The molecule has 1 aromatic carbocycles. The molecule has 1 fully saturated rings. The van der Waals surface area contributed by atoms with Gasteiger partial charge in [-0.2, -0.15) is 0 Å². The predicted molar refractivity (Wildman–Crippen MR) is 72.8 cm³/mol. The van der Waals surface area contributed by atoms with Gasteiger partial charge >= 0.3 is 5.97 Å². The molecule has 1 aliphatic carbocycles. The van der Waals surface area contributed by atoms with Crippen LogP contribution in [0, 0.1) is 5.92 Å². The van der Waals surface area contributed by atoms with Crippen LogP contribution in [0.5, 0.6) is 0 Å². The molecule has 0 saturated heterocycles. The smallest absolute Gasteiger partial charge is 0.306 e. The number of hydrogen-bond acceptors (Lipinski definition) is 2. The van der Waals surface area contributed by atoms with E-state index in [1.54, 1.807) is 0 Å². The fraction of sp³-hybridized carbons (Fsp3) is 0.533. The first-order valence-electron chi connectivity index (χ1n) is 6.78. The second-order valence-electron chi connectivity index (χ2n) is 5.04.